The molecule has 1 aromatic carbocycles. The zero-order chi connectivity index (χ0) is 13.8. The van der Waals surface area contributed by atoms with Crippen molar-refractivity contribution in [1.82, 2.24) is 4.72 Å². The van der Waals surface area contributed by atoms with Crippen molar-refractivity contribution in [2.75, 3.05) is 6.54 Å². The maximum atomic E-state index is 11.9. The minimum Gasteiger partial charge on any atom is -0.211 e. The first-order valence-electron chi connectivity index (χ1n) is 6.33. The summed E-state index contributed by atoms with van der Waals surface area (Å²) in [7, 11) is -3.33. The van der Waals surface area contributed by atoms with Gasteiger partial charge in [-0.1, -0.05) is 39.8 Å². The van der Waals surface area contributed by atoms with Gasteiger partial charge >= 0.3 is 0 Å². The van der Waals surface area contributed by atoms with Gasteiger partial charge in [0.05, 0.1) is 4.90 Å². The minimum absolute atomic E-state index is 0.209. The Bertz CT molecular complexity index is 470. The fourth-order valence-electron chi connectivity index (χ4n) is 1.72. The van der Waals surface area contributed by atoms with E-state index in [1.165, 1.54) is 0 Å². The van der Waals surface area contributed by atoms with E-state index >= 15 is 0 Å². The highest BCUT2D eigenvalue weighted by Crippen LogP contribution is 2.21. The molecule has 1 N–H and O–H groups in total. The Hall–Kier alpha value is -0.870. The standard InChI is InChI=1S/C14H23NO2S/c1-5-10-15-18(16,17)13-8-6-12(7-9-13)11-14(2,3)4/h6-9,15H,5,10-11H2,1-4H3. The van der Waals surface area contributed by atoms with Crippen LogP contribution in [-0.2, 0) is 16.4 Å². The molecule has 0 saturated heterocycles. The summed E-state index contributed by atoms with van der Waals surface area (Å²) in [6.07, 6.45) is 1.73. The highest BCUT2D eigenvalue weighted by molar-refractivity contribution is 7.89. The van der Waals surface area contributed by atoms with Gasteiger partial charge in [0.25, 0.3) is 0 Å². The fourth-order valence-corrected chi connectivity index (χ4v) is 2.85. The lowest BCUT2D eigenvalue weighted by molar-refractivity contribution is 0.411. The zero-order valence-corrected chi connectivity index (χ0v) is 12.5. The number of hydrogen-bond donors (Lipinski definition) is 1. The van der Waals surface area contributed by atoms with Gasteiger partial charge in [-0.2, -0.15) is 0 Å². The van der Waals surface area contributed by atoms with Crippen LogP contribution in [0.2, 0.25) is 0 Å². The molecule has 0 aliphatic rings. The minimum atomic E-state index is -3.33. The van der Waals surface area contributed by atoms with E-state index < -0.39 is 10.0 Å². The summed E-state index contributed by atoms with van der Waals surface area (Å²) in [6, 6.07) is 7.15. The number of rotatable bonds is 5. The first-order chi connectivity index (χ1) is 8.24. The quantitative estimate of drug-likeness (QED) is 0.893. The second-order valence-corrected chi connectivity index (χ2v) is 7.55. The molecule has 1 rings (SSSR count). The molecule has 18 heavy (non-hydrogen) atoms. The summed E-state index contributed by atoms with van der Waals surface area (Å²) < 4.78 is 26.3. The first kappa shape index (κ1) is 15.2. The molecule has 0 bridgehead atoms. The van der Waals surface area contributed by atoms with Gasteiger partial charge in [0.1, 0.15) is 0 Å². The van der Waals surface area contributed by atoms with Crippen LogP contribution in [0.3, 0.4) is 0 Å². The van der Waals surface area contributed by atoms with Crippen LogP contribution in [-0.4, -0.2) is 15.0 Å². The lowest BCUT2D eigenvalue weighted by Crippen LogP contribution is -2.24. The molecule has 0 aromatic heterocycles. The summed E-state index contributed by atoms with van der Waals surface area (Å²) in [5.41, 5.74) is 1.37. The Balaban J connectivity index is 2.83. The summed E-state index contributed by atoms with van der Waals surface area (Å²) >= 11 is 0. The van der Waals surface area contributed by atoms with E-state index in [1.54, 1.807) is 12.1 Å². The van der Waals surface area contributed by atoms with Crippen LogP contribution in [0.1, 0.15) is 39.7 Å². The Kier molecular flexibility index (Phi) is 4.93. The molecule has 0 unspecified atom stereocenters. The Morgan fingerprint density at radius 1 is 1.11 bits per heavy atom. The summed E-state index contributed by atoms with van der Waals surface area (Å²) in [5.74, 6) is 0. The molecular formula is C14H23NO2S. The van der Waals surface area contributed by atoms with E-state index in [0.717, 1.165) is 18.4 Å². The van der Waals surface area contributed by atoms with Gasteiger partial charge in [-0.05, 0) is 36.0 Å². The molecule has 0 amide bonds. The third-order valence-electron chi connectivity index (χ3n) is 2.51. The number of benzene rings is 1. The molecule has 4 heteroatoms. The van der Waals surface area contributed by atoms with E-state index in [0.29, 0.717) is 11.4 Å². The smallest absolute Gasteiger partial charge is 0.211 e. The van der Waals surface area contributed by atoms with Crippen LogP contribution in [0.15, 0.2) is 29.2 Å². The van der Waals surface area contributed by atoms with Gasteiger partial charge in [0, 0.05) is 6.54 Å². The van der Waals surface area contributed by atoms with Gasteiger partial charge in [0.2, 0.25) is 10.0 Å². The largest absolute Gasteiger partial charge is 0.240 e. The van der Waals surface area contributed by atoms with Crippen molar-refractivity contribution in [3.63, 3.8) is 0 Å². The Labute approximate surface area is 111 Å². The third kappa shape index (κ3) is 4.78. The summed E-state index contributed by atoms with van der Waals surface area (Å²) in [6.45, 7) is 8.92. The molecule has 0 radical (unpaired) electrons. The monoisotopic (exact) mass is 269 g/mol. The van der Waals surface area contributed by atoms with Crippen LogP contribution in [0, 0.1) is 5.41 Å². The second kappa shape index (κ2) is 5.85. The second-order valence-electron chi connectivity index (χ2n) is 5.78. The molecule has 102 valence electrons. The van der Waals surface area contributed by atoms with Gasteiger partial charge in [-0.3, -0.25) is 0 Å². The molecule has 0 fully saturated rings. The highest BCUT2D eigenvalue weighted by atomic mass is 32.2. The van der Waals surface area contributed by atoms with Crippen molar-refractivity contribution in [2.45, 2.75) is 45.4 Å². The van der Waals surface area contributed by atoms with Gasteiger partial charge in [-0.25, -0.2) is 13.1 Å². The molecular weight excluding hydrogens is 246 g/mol. The fraction of sp³-hybridized carbons (Fsp3) is 0.571. The first-order valence-corrected chi connectivity index (χ1v) is 7.81. The van der Waals surface area contributed by atoms with Crippen LogP contribution in [0.5, 0.6) is 0 Å². The molecule has 0 heterocycles. The predicted octanol–water partition coefficient (Wildman–Crippen LogP) is 2.96. The molecule has 0 spiro atoms. The van der Waals surface area contributed by atoms with Crippen LogP contribution < -0.4 is 4.72 Å². The van der Waals surface area contributed by atoms with E-state index in [2.05, 4.69) is 25.5 Å². The van der Waals surface area contributed by atoms with E-state index in [4.69, 9.17) is 0 Å². The lowest BCUT2D eigenvalue weighted by atomic mass is 9.88. The average Bonchev–Trinajstić information content (AvgIpc) is 2.25. The predicted molar refractivity (Wildman–Crippen MR) is 75.1 cm³/mol. The van der Waals surface area contributed by atoms with Crippen molar-refractivity contribution in [3.05, 3.63) is 29.8 Å². The topological polar surface area (TPSA) is 46.2 Å². The maximum Gasteiger partial charge on any atom is 0.240 e. The van der Waals surface area contributed by atoms with Gasteiger partial charge in [-0.15, -0.1) is 0 Å². The zero-order valence-electron chi connectivity index (χ0n) is 11.7. The van der Waals surface area contributed by atoms with Crippen LogP contribution in [0.4, 0.5) is 0 Å². The number of hydrogen-bond acceptors (Lipinski definition) is 2. The molecule has 0 aliphatic heterocycles. The third-order valence-corrected chi connectivity index (χ3v) is 3.99. The normalized spacial score (nSPS) is 12.7. The molecule has 3 nitrogen and oxygen atoms in total. The summed E-state index contributed by atoms with van der Waals surface area (Å²) in [5, 5.41) is 0. The van der Waals surface area contributed by atoms with E-state index in [1.807, 2.05) is 19.1 Å². The molecule has 0 saturated carbocycles. The van der Waals surface area contributed by atoms with Gasteiger partial charge < -0.3 is 0 Å². The molecule has 0 aliphatic carbocycles. The molecule has 0 atom stereocenters. The lowest BCUT2D eigenvalue weighted by Gasteiger charge is -2.18. The number of nitrogens with one attached hydrogen (secondary N) is 1. The van der Waals surface area contributed by atoms with Crippen molar-refractivity contribution < 1.29 is 8.42 Å². The van der Waals surface area contributed by atoms with Crippen LogP contribution >= 0.6 is 0 Å². The SMILES string of the molecule is CCCNS(=O)(=O)c1ccc(CC(C)(C)C)cc1. The average molecular weight is 269 g/mol. The van der Waals surface area contributed by atoms with Gasteiger partial charge in [0.15, 0.2) is 0 Å². The van der Waals surface area contributed by atoms with E-state index in [-0.39, 0.29) is 5.41 Å². The Morgan fingerprint density at radius 2 is 1.67 bits per heavy atom. The van der Waals surface area contributed by atoms with E-state index in [9.17, 15) is 8.42 Å². The van der Waals surface area contributed by atoms with Crippen LogP contribution in [0.25, 0.3) is 0 Å². The van der Waals surface area contributed by atoms with Crippen molar-refractivity contribution in [1.29, 1.82) is 0 Å². The summed E-state index contributed by atoms with van der Waals surface area (Å²) in [4.78, 5) is 0.341. The number of sulfonamides is 1. The maximum absolute atomic E-state index is 11.9. The Morgan fingerprint density at radius 3 is 2.11 bits per heavy atom. The van der Waals surface area contributed by atoms with Crippen molar-refractivity contribution in [2.24, 2.45) is 5.41 Å². The van der Waals surface area contributed by atoms with Crippen molar-refractivity contribution in [3.8, 4) is 0 Å². The van der Waals surface area contributed by atoms with Crippen molar-refractivity contribution >= 4 is 10.0 Å². The highest BCUT2D eigenvalue weighted by Gasteiger charge is 2.14. The molecule has 1 aromatic rings.